The number of aromatic hydroxyl groups is 1. The third-order valence-electron chi connectivity index (χ3n) is 4.44. The number of rotatable bonds is 6. The summed E-state index contributed by atoms with van der Waals surface area (Å²) in [5.74, 6) is 0.941. The van der Waals surface area contributed by atoms with Crippen molar-refractivity contribution >= 4 is 33.3 Å². The molecule has 6 heteroatoms. The highest BCUT2D eigenvalue weighted by Gasteiger charge is 2.08. The zero-order valence-electron chi connectivity index (χ0n) is 15.1. The smallest absolute Gasteiger partial charge is 0.251 e. The monoisotopic (exact) mass is 389 g/mol. The van der Waals surface area contributed by atoms with Crippen molar-refractivity contribution in [1.82, 2.24) is 9.69 Å². The van der Waals surface area contributed by atoms with Crippen LogP contribution in [0, 0.1) is 0 Å². The summed E-state index contributed by atoms with van der Waals surface area (Å²) in [6, 6.07) is 22.4. The van der Waals surface area contributed by atoms with E-state index in [1.165, 1.54) is 11.5 Å². The number of anilines is 1. The summed E-state index contributed by atoms with van der Waals surface area (Å²) in [5.41, 5.74) is 2.19. The Hall–Kier alpha value is -3.38. The highest BCUT2D eigenvalue weighted by atomic mass is 32.1. The van der Waals surface area contributed by atoms with E-state index in [2.05, 4.69) is 15.0 Å². The number of phenols is 1. The first-order valence-corrected chi connectivity index (χ1v) is 9.74. The average molecular weight is 389 g/mol. The second-order valence-electron chi connectivity index (χ2n) is 6.30. The Bertz CT molecular complexity index is 1110. The number of para-hydroxylation sites is 1. The minimum atomic E-state index is -0.131. The Morgan fingerprint density at radius 3 is 2.50 bits per heavy atom. The van der Waals surface area contributed by atoms with Crippen LogP contribution in [0.4, 0.5) is 5.82 Å². The molecule has 3 N–H and O–H groups in total. The van der Waals surface area contributed by atoms with E-state index in [9.17, 15) is 9.90 Å². The summed E-state index contributed by atoms with van der Waals surface area (Å²) in [6.45, 7) is 1.08. The Balaban J connectivity index is 1.32. The standard InChI is InChI=1S/C22H19N3O2S/c26-19-7-3-1-5-17(19)15-9-11-16(12-10-15)22(27)24-14-13-23-21-18-6-2-4-8-20(18)28-25-21/h1-12,26H,13-14H2,(H,23,25)(H,24,27). The molecular weight excluding hydrogens is 370 g/mol. The molecule has 0 aliphatic carbocycles. The molecule has 4 aromatic rings. The van der Waals surface area contributed by atoms with Crippen LogP contribution >= 0.6 is 11.5 Å². The molecule has 1 amide bonds. The summed E-state index contributed by atoms with van der Waals surface area (Å²) in [7, 11) is 0. The van der Waals surface area contributed by atoms with Crippen molar-refractivity contribution in [3.63, 3.8) is 0 Å². The average Bonchev–Trinajstić information content (AvgIpc) is 3.15. The molecule has 0 saturated heterocycles. The molecule has 0 spiro atoms. The van der Waals surface area contributed by atoms with E-state index in [0.29, 0.717) is 18.7 Å². The lowest BCUT2D eigenvalue weighted by Crippen LogP contribution is -2.28. The number of nitrogens with zero attached hydrogens (tertiary/aromatic N) is 1. The van der Waals surface area contributed by atoms with Crippen LogP contribution < -0.4 is 10.6 Å². The fourth-order valence-corrected chi connectivity index (χ4v) is 3.75. The molecular formula is C22H19N3O2S. The summed E-state index contributed by atoms with van der Waals surface area (Å²) in [6.07, 6.45) is 0. The number of carbonyl (C=O) groups excluding carboxylic acids is 1. The van der Waals surface area contributed by atoms with Gasteiger partial charge in [0.05, 0.1) is 4.70 Å². The van der Waals surface area contributed by atoms with Crippen LogP contribution in [0.25, 0.3) is 21.2 Å². The number of nitrogens with one attached hydrogen (secondary N) is 2. The first-order chi connectivity index (χ1) is 13.7. The summed E-state index contributed by atoms with van der Waals surface area (Å²) in [5, 5.41) is 17.2. The molecule has 28 heavy (non-hydrogen) atoms. The van der Waals surface area contributed by atoms with E-state index >= 15 is 0 Å². The number of benzene rings is 3. The van der Waals surface area contributed by atoms with E-state index < -0.39 is 0 Å². The van der Waals surface area contributed by atoms with Gasteiger partial charge in [0, 0.05) is 29.6 Å². The van der Waals surface area contributed by atoms with Crippen molar-refractivity contribution in [3.8, 4) is 16.9 Å². The molecule has 0 aliphatic heterocycles. The van der Waals surface area contributed by atoms with Gasteiger partial charge in [0.25, 0.3) is 5.91 Å². The molecule has 0 bridgehead atoms. The predicted octanol–water partition coefficient (Wildman–Crippen LogP) is 4.51. The van der Waals surface area contributed by atoms with Gasteiger partial charge >= 0.3 is 0 Å². The molecule has 0 aliphatic rings. The molecule has 4 rings (SSSR count). The minimum absolute atomic E-state index is 0.131. The number of carbonyl (C=O) groups is 1. The zero-order valence-corrected chi connectivity index (χ0v) is 15.9. The van der Waals surface area contributed by atoms with E-state index in [4.69, 9.17) is 0 Å². The van der Waals surface area contributed by atoms with Crippen LogP contribution in [0.1, 0.15) is 10.4 Å². The van der Waals surface area contributed by atoms with Crippen LogP contribution in [0.3, 0.4) is 0 Å². The van der Waals surface area contributed by atoms with Gasteiger partial charge in [-0.2, -0.15) is 4.37 Å². The van der Waals surface area contributed by atoms with Gasteiger partial charge in [0.15, 0.2) is 0 Å². The van der Waals surface area contributed by atoms with Crippen molar-refractivity contribution in [1.29, 1.82) is 0 Å². The summed E-state index contributed by atoms with van der Waals surface area (Å²) in [4.78, 5) is 12.3. The fourth-order valence-electron chi connectivity index (χ4n) is 2.99. The molecule has 3 aromatic carbocycles. The Kier molecular flexibility index (Phi) is 5.21. The summed E-state index contributed by atoms with van der Waals surface area (Å²) >= 11 is 1.46. The van der Waals surface area contributed by atoms with E-state index in [1.807, 2.05) is 48.5 Å². The molecule has 0 atom stereocenters. The molecule has 1 aromatic heterocycles. The van der Waals surface area contributed by atoms with Crippen molar-refractivity contribution in [2.75, 3.05) is 18.4 Å². The van der Waals surface area contributed by atoms with Gasteiger partial charge in [-0.25, -0.2) is 0 Å². The topological polar surface area (TPSA) is 74.2 Å². The van der Waals surface area contributed by atoms with Gasteiger partial charge in [-0.1, -0.05) is 42.5 Å². The first kappa shape index (κ1) is 18.0. The number of hydrogen-bond acceptors (Lipinski definition) is 5. The van der Waals surface area contributed by atoms with Crippen LogP contribution in [0.15, 0.2) is 72.8 Å². The lowest BCUT2D eigenvalue weighted by atomic mass is 10.0. The largest absolute Gasteiger partial charge is 0.507 e. The van der Waals surface area contributed by atoms with E-state index in [0.717, 1.165) is 27.0 Å². The molecule has 0 unspecified atom stereocenters. The molecule has 5 nitrogen and oxygen atoms in total. The second kappa shape index (κ2) is 8.10. The number of fused-ring (bicyclic) bond motifs is 1. The van der Waals surface area contributed by atoms with E-state index in [1.54, 1.807) is 24.3 Å². The maximum Gasteiger partial charge on any atom is 0.251 e. The van der Waals surface area contributed by atoms with Gasteiger partial charge < -0.3 is 15.7 Å². The highest BCUT2D eigenvalue weighted by Crippen LogP contribution is 2.28. The van der Waals surface area contributed by atoms with Crippen LogP contribution in [-0.2, 0) is 0 Å². The van der Waals surface area contributed by atoms with Gasteiger partial charge in [-0.3, -0.25) is 4.79 Å². The zero-order chi connectivity index (χ0) is 19.3. The number of amides is 1. The molecule has 0 saturated carbocycles. The van der Waals surface area contributed by atoms with Crippen molar-refractivity contribution < 1.29 is 9.90 Å². The van der Waals surface area contributed by atoms with Crippen LogP contribution in [0.5, 0.6) is 5.75 Å². The Labute approximate surface area is 166 Å². The first-order valence-electron chi connectivity index (χ1n) is 8.97. The molecule has 1 heterocycles. The lowest BCUT2D eigenvalue weighted by molar-refractivity contribution is 0.0955. The van der Waals surface area contributed by atoms with Gasteiger partial charge in [-0.15, -0.1) is 0 Å². The van der Waals surface area contributed by atoms with Crippen molar-refractivity contribution in [2.45, 2.75) is 0 Å². The van der Waals surface area contributed by atoms with Crippen LogP contribution in [0.2, 0.25) is 0 Å². The maximum atomic E-state index is 12.3. The van der Waals surface area contributed by atoms with Crippen molar-refractivity contribution in [2.24, 2.45) is 0 Å². The molecule has 0 radical (unpaired) electrons. The Morgan fingerprint density at radius 1 is 0.929 bits per heavy atom. The molecule has 140 valence electrons. The van der Waals surface area contributed by atoms with Crippen LogP contribution in [-0.4, -0.2) is 28.5 Å². The van der Waals surface area contributed by atoms with Gasteiger partial charge in [0.1, 0.15) is 11.6 Å². The van der Waals surface area contributed by atoms with Gasteiger partial charge in [0.2, 0.25) is 0 Å². The third kappa shape index (κ3) is 3.82. The molecule has 0 fully saturated rings. The SMILES string of the molecule is O=C(NCCNc1nsc2ccccc12)c1ccc(-c2ccccc2O)cc1. The quantitative estimate of drug-likeness (QED) is 0.424. The Morgan fingerprint density at radius 2 is 1.68 bits per heavy atom. The number of phenolic OH excluding ortho intramolecular Hbond substituents is 1. The maximum absolute atomic E-state index is 12.3. The predicted molar refractivity (Wildman–Crippen MR) is 114 cm³/mol. The second-order valence-corrected chi connectivity index (χ2v) is 7.11. The third-order valence-corrected chi connectivity index (χ3v) is 5.27. The number of aromatic nitrogens is 1. The minimum Gasteiger partial charge on any atom is -0.507 e. The lowest BCUT2D eigenvalue weighted by Gasteiger charge is -2.08. The summed E-state index contributed by atoms with van der Waals surface area (Å²) < 4.78 is 5.55. The number of hydrogen-bond donors (Lipinski definition) is 3. The highest BCUT2D eigenvalue weighted by molar-refractivity contribution is 7.13. The van der Waals surface area contributed by atoms with Crippen molar-refractivity contribution in [3.05, 3.63) is 78.4 Å². The normalized spacial score (nSPS) is 10.7. The van der Waals surface area contributed by atoms with Gasteiger partial charge in [-0.05, 0) is 47.4 Å². The fraction of sp³-hybridized carbons (Fsp3) is 0.0909. The van der Waals surface area contributed by atoms with E-state index in [-0.39, 0.29) is 11.7 Å².